The Kier molecular flexibility index (Phi) is 2.20. The molecule has 0 bridgehead atoms. The first-order valence-electron chi connectivity index (χ1n) is 4.64. The van der Waals surface area contributed by atoms with Gasteiger partial charge in [-0.3, -0.25) is 0 Å². The van der Waals surface area contributed by atoms with Crippen LogP contribution in [0.15, 0.2) is 12.1 Å². The molecule has 1 aliphatic rings. The minimum Gasteiger partial charge on any atom is -0.496 e. The van der Waals surface area contributed by atoms with Crippen molar-refractivity contribution in [3.05, 3.63) is 28.3 Å². The molecule has 76 valence electrons. The Morgan fingerprint density at radius 1 is 1.43 bits per heavy atom. The third-order valence-electron chi connectivity index (χ3n) is 2.71. The van der Waals surface area contributed by atoms with Gasteiger partial charge >= 0.3 is 0 Å². The number of hydrogen-bond donors (Lipinski definition) is 1. The second kappa shape index (κ2) is 3.14. The number of aliphatic hydroxyl groups is 1. The van der Waals surface area contributed by atoms with Crippen molar-refractivity contribution in [2.75, 3.05) is 7.11 Å². The summed E-state index contributed by atoms with van der Waals surface area (Å²) in [6.45, 7) is 1.92. The highest BCUT2D eigenvalue weighted by atomic mass is 35.5. The molecule has 1 saturated carbocycles. The van der Waals surface area contributed by atoms with Gasteiger partial charge in [-0.1, -0.05) is 11.6 Å². The predicted octanol–water partition coefficient (Wildman–Crippen LogP) is 2.64. The fraction of sp³-hybridized carbons (Fsp3) is 0.455. The zero-order valence-corrected chi connectivity index (χ0v) is 9.06. The van der Waals surface area contributed by atoms with Crippen LogP contribution in [0.3, 0.4) is 0 Å². The van der Waals surface area contributed by atoms with E-state index < -0.39 is 5.60 Å². The van der Waals surface area contributed by atoms with Crippen molar-refractivity contribution in [2.45, 2.75) is 25.4 Å². The summed E-state index contributed by atoms with van der Waals surface area (Å²) in [5.74, 6) is 0.729. The minimum absolute atomic E-state index is 0.682. The Balaban J connectivity index is 2.52. The smallest absolute Gasteiger partial charge is 0.125 e. The van der Waals surface area contributed by atoms with Gasteiger partial charge in [0, 0.05) is 10.6 Å². The number of halogens is 1. The molecule has 0 saturated heterocycles. The topological polar surface area (TPSA) is 29.5 Å². The molecule has 1 fully saturated rings. The van der Waals surface area contributed by atoms with Crippen molar-refractivity contribution >= 4 is 11.6 Å². The van der Waals surface area contributed by atoms with Crippen molar-refractivity contribution in [2.24, 2.45) is 0 Å². The van der Waals surface area contributed by atoms with Gasteiger partial charge in [0.2, 0.25) is 0 Å². The van der Waals surface area contributed by atoms with Gasteiger partial charge < -0.3 is 9.84 Å². The molecule has 1 aromatic rings. The van der Waals surface area contributed by atoms with E-state index in [0.29, 0.717) is 5.02 Å². The summed E-state index contributed by atoms with van der Waals surface area (Å²) in [7, 11) is 1.61. The average Bonchev–Trinajstić information content (AvgIpc) is 2.89. The molecule has 14 heavy (non-hydrogen) atoms. The quantitative estimate of drug-likeness (QED) is 0.817. The predicted molar refractivity (Wildman–Crippen MR) is 55.9 cm³/mol. The fourth-order valence-electron chi connectivity index (χ4n) is 1.58. The van der Waals surface area contributed by atoms with Crippen LogP contribution >= 0.6 is 11.6 Å². The summed E-state index contributed by atoms with van der Waals surface area (Å²) in [5.41, 5.74) is 1.09. The van der Waals surface area contributed by atoms with Crippen LogP contribution in [0.1, 0.15) is 24.0 Å². The maximum Gasteiger partial charge on any atom is 0.125 e. The van der Waals surface area contributed by atoms with Crippen molar-refractivity contribution < 1.29 is 9.84 Å². The Labute approximate surface area is 88.5 Å². The molecule has 0 aromatic heterocycles. The lowest BCUT2D eigenvalue weighted by Gasteiger charge is -2.14. The zero-order chi connectivity index (χ0) is 10.3. The lowest BCUT2D eigenvalue weighted by Crippen LogP contribution is -2.07. The van der Waals surface area contributed by atoms with Gasteiger partial charge in [-0.15, -0.1) is 0 Å². The first-order valence-corrected chi connectivity index (χ1v) is 5.01. The Hall–Kier alpha value is -0.730. The van der Waals surface area contributed by atoms with E-state index in [2.05, 4.69) is 0 Å². The van der Waals surface area contributed by atoms with E-state index in [0.717, 1.165) is 29.7 Å². The molecule has 0 radical (unpaired) electrons. The van der Waals surface area contributed by atoms with Crippen LogP contribution in [0.4, 0.5) is 0 Å². The molecular weight excluding hydrogens is 200 g/mol. The van der Waals surface area contributed by atoms with Gasteiger partial charge in [0.1, 0.15) is 5.75 Å². The van der Waals surface area contributed by atoms with Gasteiger partial charge in [-0.25, -0.2) is 0 Å². The van der Waals surface area contributed by atoms with Crippen LogP contribution in [0, 0.1) is 6.92 Å². The number of hydrogen-bond acceptors (Lipinski definition) is 2. The Morgan fingerprint density at radius 3 is 2.57 bits per heavy atom. The Morgan fingerprint density at radius 2 is 2.07 bits per heavy atom. The van der Waals surface area contributed by atoms with Crippen molar-refractivity contribution in [1.82, 2.24) is 0 Å². The largest absolute Gasteiger partial charge is 0.496 e. The highest BCUT2D eigenvalue weighted by Crippen LogP contribution is 2.49. The van der Waals surface area contributed by atoms with Crippen LogP contribution < -0.4 is 4.74 Å². The molecule has 2 nitrogen and oxygen atoms in total. The highest BCUT2D eigenvalue weighted by molar-refractivity contribution is 6.31. The fourth-order valence-corrected chi connectivity index (χ4v) is 1.74. The van der Waals surface area contributed by atoms with Crippen LogP contribution in [0.25, 0.3) is 0 Å². The summed E-state index contributed by atoms with van der Waals surface area (Å²) in [6, 6.07) is 3.68. The van der Waals surface area contributed by atoms with Crippen LogP contribution in [-0.4, -0.2) is 12.2 Å². The van der Waals surface area contributed by atoms with Crippen molar-refractivity contribution in [1.29, 1.82) is 0 Å². The molecule has 0 atom stereocenters. The van der Waals surface area contributed by atoms with E-state index in [-0.39, 0.29) is 0 Å². The minimum atomic E-state index is -0.692. The first kappa shape index (κ1) is 9.81. The molecule has 1 aliphatic carbocycles. The molecule has 1 aromatic carbocycles. The molecule has 1 N–H and O–H groups in total. The lowest BCUT2D eigenvalue weighted by atomic mass is 10.0. The average molecular weight is 213 g/mol. The van der Waals surface area contributed by atoms with E-state index in [1.54, 1.807) is 7.11 Å². The summed E-state index contributed by atoms with van der Waals surface area (Å²) in [4.78, 5) is 0. The maximum atomic E-state index is 9.99. The summed E-state index contributed by atoms with van der Waals surface area (Å²) < 4.78 is 5.23. The van der Waals surface area contributed by atoms with Gasteiger partial charge in [0.25, 0.3) is 0 Å². The van der Waals surface area contributed by atoms with E-state index in [4.69, 9.17) is 16.3 Å². The molecular formula is C11H13ClO2. The van der Waals surface area contributed by atoms with E-state index in [9.17, 15) is 5.11 Å². The van der Waals surface area contributed by atoms with Crippen LogP contribution in [0.2, 0.25) is 5.02 Å². The number of aryl methyl sites for hydroxylation is 1. The van der Waals surface area contributed by atoms with Gasteiger partial charge in [0.05, 0.1) is 12.7 Å². The third kappa shape index (κ3) is 1.49. The zero-order valence-electron chi connectivity index (χ0n) is 8.30. The van der Waals surface area contributed by atoms with E-state index >= 15 is 0 Å². The third-order valence-corrected chi connectivity index (χ3v) is 3.11. The normalized spacial score (nSPS) is 18.0. The first-order chi connectivity index (χ1) is 6.57. The second-order valence-electron chi connectivity index (χ2n) is 3.83. The number of ether oxygens (including phenoxy) is 1. The molecule has 2 rings (SSSR count). The molecule has 0 heterocycles. The van der Waals surface area contributed by atoms with Crippen LogP contribution in [-0.2, 0) is 5.60 Å². The standard InChI is InChI=1S/C11H13ClO2/c1-7-5-10(14-2)8(6-9(7)12)11(13)3-4-11/h5-6,13H,3-4H2,1-2H3. The van der Waals surface area contributed by atoms with Crippen LogP contribution in [0.5, 0.6) is 5.75 Å². The number of rotatable bonds is 2. The molecule has 3 heteroatoms. The lowest BCUT2D eigenvalue weighted by molar-refractivity contribution is 0.147. The van der Waals surface area contributed by atoms with E-state index in [1.807, 2.05) is 19.1 Å². The number of benzene rings is 1. The second-order valence-corrected chi connectivity index (χ2v) is 4.24. The van der Waals surface area contributed by atoms with Gasteiger partial charge in [0.15, 0.2) is 0 Å². The number of methoxy groups -OCH3 is 1. The highest BCUT2D eigenvalue weighted by Gasteiger charge is 2.44. The van der Waals surface area contributed by atoms with Crippen molar-refractivity contribution in [3.63, 3.8) is 0 Å². The van der Waals surface area contributed by atoms with Gasteiger partial charge in [-0.2, -0.15) is 0 Å². The molecule has 0 unspecified atom stereocenters. The SMILES string of the molecule is COc1cc(C)c(Cl)cc1C1(O)CC1. The summed E-state index contributed by atoms with van der Waals surface area (Å²) >= 11 is 6.01. The molecule has 0 amide bonds. The van der Waals surface area contributed by atoms with Gasteiger partial charge in [-0.05, 0) is 37.5 Å². The summed E-state index contributed by atoms with van der Waals surface area (Å²) in [6.07, 6.45) is 1.59. The molecule has 0 aliphatic heterocycles. The Bertz CT molecular complexity index is 370. The molecule has 0 spiro atoms. The summed E-state index contributed by atoms with van der Waals surface area (Å²) in [5, 5.41) is 10.7. The van der Waals surface area contributed by atoms with Crippen molar-refractivity contribution in [3.8, 4) is 5.75 Å². The monoisotopic (exact) mass is 212 g/mol. The van der Waals surface area contributed by atoms with E-state index in [1.165, 1.54) is 0 Å². The maximum absolute atomic E-state index is 9.99.